The van der Waals surface area contributed by atoms with Gasteiger partial charge in [-0.1, -0.05) is 0 Å². The van der Waals surface area contributed by atoms with Crippen LogP contribution in [0, 0.1) is 5.92 Å². The van der Waals surface area contributed by atoms with Crippen LogP contribution < -0.4 is 9.80 Å². The van der Waals surface area contributed by atoms with Crippen LogP contribution in [0.25, 0.3) is 0 Å². The molecule has 1 aromatic carbocycles. The summed E-state index contributed by atoms with van der Waals surface area (Å²) < 4.78 is 5.04. The van der Waals surface area contributed by atoms with Crippen LogP contribution in [0.3, 0.4) is 0 Å². The summed E-state index contributed by atoms with van der Waals surface area (Å²) in [5.41, 5.74) is 2.07. The van der Waals surface area contributed by atoms with Gasteiger partial charge in [-0.25, -0.2) is 0 Å². The first-order chi connectivity index (χ1) is 11.6. The molecule has 2 heterocycles. The zero-order chi connectivity index (χ0) is 17.1. The fourth-order valence-corrected chi connectivity index (χ4v) is 3.68. The van der Waals surface area contributed by atoms with Crippen LogP contribution in [-0.4, -0.2) is 37.6 Å². The Bertz CT molecular complexity index is 599. The Morgan fingerprint density at radius 1 is 1.21 bits per heavy atom. The molecule has 0 bridgehead atoms. The highest BCUT2D eigenvalue weighted by Gasteiger charge is 2.36. The molecular formula is C19H26N2O3. The fourth-order valence-electron chi connectivity index (χ4n) is 3.68. The number of benzene rings is 1. The summed E-state index contributed by atoms with van der Waals surface area (Å²) in [7, 11) is 0. The fraction of sp³-hybridized carbons (Fsp3) is 0.579. The van der Waals surface area contributed by atoms with Gasteiger partial charge in [0.15, 0.2) is 0 Å². The lowest BCUT2D eigenvalue weighted by atomic mass is 10.0. The number of nitrogens with zero attached hydrogens (tertiary/aromatic N) is 2. The highest BCUT2D eigenvalue weighted by molar-refractivity contribution is 5.99. The van der Waals surface area contributed by atoms with Gasteiger partial charge in [0.1, 0.15) is 0 Å². The number of amides is 1. The molecule has 0 radical (unpaired) electrons. The SMILES string of the molecule is CCOC(=O)[C@@H]1CC(=O)N(c2ccc(N3CCCC[C@@H]3C)cc2)C1. The van der Waals surface area contributed by atoms with E-state index >= 15 is 0 Å². The lowest BCUT2D eigenvalue weighted by Crippen LogP contribution is -2.37. The molecule has 3 rings (SSSR count). The van der Waals surface area contributed by atoms with Gasteiger partial charge in [-0.2, -0.15) is 0 Å². The number of hydrogen-bond donors (Lipinski definition) is 0. The second-order valence-corrected chi connectivity index (χ2v) is 6.71. The van der Waals surface area contributed by atoms with E-state index in [-0.39, 0.29) is 24.2 Å². The van der Waals surface area contributed by atoms with Crippen molar-refractivity contribution in [3.05, 3.63) is 24.3 Å². The summed E-state index contributed by atoms with van der Waals surface area (Å²) in [5.74, 6) is -0.626. The predicted octanol–water partition coefficient (Wildman–Crippen LogP) is 2.98. The maximum atomic E-state index is 12.2. The van der Waals surface area contributed by atoms with Gasteiger partial charge in [-0.05, 0) is 57.4 Å². The van der Waals surface area contributed by atoms with Crippen molar-refractivity contribution >= 4 is 23.3 Å². The number of ether oxygens (including phenoxy) is 1. The molecule has 2 fully saturated rings. The molecule has 2 aliphatic heterocycles. The standard InChI is InChI=1S/C19H26N2O3/c1-3-24-19(23)15-12-18(22)21(13-15)17-9-7-16(8-10-17)20-11-5-4-6-14(20)2/h7-10,14-15H,3-6,11-13H2,1-2H3/t14-,15+/m0/s1. The van der Waals surface area contributed by atoms with Gasteiger partial charge >= 0.3 is 5.97 Å². The molecule has 0 spiro atoms. The molecule has 24 heavy (non-hydrogen) atoms. The van der Waals surface area contributed by atoms with Crippen LogP contribution in [0.4, 0.5) is 11.4 Å². The smallest absolute Gasteiger partial charge is 0.311 e. The van der Waals surface area contributed by atoms with Crippen molar-refractivity contribution in [2.75, 3.05) is 29.5 Å². The molecule has 2 atom stereocenters. The Balaban J connectivity index is 1.69. The van der Waals surface area contributed by atoms with Gasteiger partial charge < -0.3 is 14.5 Å². The highest BCUT2D eigenvalue weighted by Crippen LogP contribution is 2.30. The van der Waals surface area contributed by atoms with Crippen LogP contribution in [0.2, 0.25) is 0 Å². The Morgan fingerprint density at radius 3 is 2.58 bits per heavy atom. The van der Waals surface area contributed by atoms with Crippen molar-refractivity contribution < 1.29 is 14.3 Å². The first kappa shape index (κ1) is 16.8. The predicted molar refractivity (Wildman–Crippen MR) is 94.2 cm³/mol. The van der Waals surface area contributed by atoms with Crippen LogP contribution in [0.1, 0.15) is 39.5 Å². The minimum atomic E-state index is -0.348. The molecule has 0 aliphatic carbocycles. The van der Waals surface area contributed by atoms with E-state index in [2.05, 4.69) is 24.0 Å². The van der Waals surface area contributed by atoms with Crippen LogP contribution in [0.15, 0.2) is 24.3 Å². The van der Waals surface area contributed by atoms with E-state index in [1.165, 1.54) is 24.9 Å². The quantitative estimate of drug-likeness (QED) is 0.797. The molecule has 5 heteroatoms. The van der Waals surface area contributed by atoms with E-state index in [0.717, 1.165) is 12.2 Å². The third-order valence-electron chi connectivity index (χ3n) is 5.04. The zero-order valence-corrected chi connectivity index (χ0v) is 14.5. The van der Waals surface area contributed by atoms with E-state index < -0.39 is 0 Å². The lowest BCUT2D eigenvalue weighted by Gasteiger charge is -2.35. The van der Waals surface area contributed by atoms with Crippen molar-refractivity contribution in [2.24, 2.45) is 5.92 Å². The van der Waals surface area contributed by atoms with Crippen molar-refractivity contribution in [1.82, 2.24) is 0 Å². The van der Waals surface area contributed by atoms with Crippen LogP contribution in [0.5, 0.6) is 0 Å². The molecule has 2 saturated heterocycles. The first-order valence-corrected chi connectivity index (χ1v) is 8.94. The lowest BCUT2D eigenvalue weighted by molar-refractivity contribution is -0.147. The van der Waals surface area contributed by atoms with E-state index in [0.29, 0.717) is 19.2 Å². The number of esters is 1. The molecule has 0 unspecified atom stereocenters. The molecule has 5 nitrogen and oxygen atoms in total. The number of anilines is 2. The number of carbonyl (C=O) groups is 2. The summed E-state index contributed by atoms with van der Waals surface area (Å²) in [4.78, 5) is 28.2. The Hall–Kier alpha value is -2.04. The number of rotatable bonds is 4. The maximum Gasteiger partial charge on any atom is 0.311 e. The Labute approximate surface area is 143 Å². The van der Waals surface area contributed by atoms with Gasteiger partial charge in [-0.15, -0.1) is 0 Å². The molecule has 1 amide bonds. The molecular weight excluding hydrogens is 304 g/mol. The summed E-state index contributed by atoms with van der Waals surface area (Å²) in [6, 6.07) is 8.71. The van der Waals surface area contributed by atoms with Gasteiger partial charge in [0.25, 0.3) is 0 Å². The maximum absolute atomic E-state index is 12.2. The summed E-state index contributed by atoms with van der Waals surface area (Å²) >= 11 is 0. The third kappa shape index (κ3) is 3.40. The zero-order valence-electron chi connectivity index (χ0n) is 14.5. The van der Waals surface area contributed by atoms with E-state index in [1.807, 2.05) is 12.1 Å². The van der Waals surface area contributed by atoms with Crippen molar-refractivity contribution in [1.29, 1.82) is 0 Å². The second-order valence-electron chi connectivity index (χ2n) is 6.71. The first-order valence-electron chi connectivity index (χ1n) is 8.94. The second kappa shape index (κ2) is 7.24. The Kier molecular flexibility index (Phi) is 5.07. The average molecular weight is 330 g/mol. The van der Waals surface area contributed by atoms with E-state index in [1.54, 1.807) is 11.8 Å². The van der Waals surface area contributed by atoms with Crippen LogP contribution >= 0.6 is 0 Å². The normalized spacial score (nSPS) is 24.3. The van der Waals surface area contributed by atoms with Gasteiger partial charge in [0.2, 0.25) is 5.91 Å². The summed E-state index contributed by atoms with van der Waals surface area (Å²) in [6.07, 6.45) is 4.00. The number of carbonyl (C=O) groups excluding carboxylic acids is 2. The Morgan fingerprint density at radius 2 is 1.92 bits per heavy atom. The summed E-state index contributed by atoms with van der Waals surface area (Å²) in [6.45, 7) is 5.91. The number of piperidine rings is 1. The molecule has 1 aromatic rings. The van der Waals surface area contributed by atoms with E-state index in [4.69, 9.17) is 4.74 Å². The molecule has 130 valence electrons. The number of hydrogen-bond acceptors (Lipinski definition) is 4. The average Bonchev–Trinajstić information content (AvgIpc) is 2.98. The molecule has 0 N–H and O–H groups in total. The molecule has 0 aromatic heterocycles. The van der Waals surface area contributed by atoms with Crippen molar-refractivity contribution in [3.63, 3.8) is 0 Å². The monoisotopic (exact) mass is 330 g/mol. The van der Waals surface area contributed by atoms with Crippen molar-refractivity contribution in [2.45, 2.75) is 45.6 Å². The van der Waals surface area contributed by atoms with Crippen molar-refractivity contribution in [3.8, 4) is 0 Å². The largest absolute Gasteiger partial charge is 0.466 e. The van der Waals surface area contributed by atoms with Gasteiger partial charge in [0, 0.05) is 36.9 Å². The van der Waals surface area contributed by atoms with Crippen LogP contribution in [-0.2, 0) is 14.3 Å². The minimum Gasteiger partial charge on any atom is -0.466 e. The molecule has 0 saturated carbocycles. The topological polar surface area (TPSA) is 49.9 Å². The van der Waals surface area contributed by atoms with Gasteiger partial charge in [0.05, 0.1) is 12.5 Å². The third-order valence-corrected chi connectivity index (χ3v) is 5.04. The minimum absolute atomic E-state index is 0.00727. The van der Waals surface area contributed by atoms with E-state index in [9.17, 15) is 9.59 Å². The van der Waals surface area contributed by atoms with Gasteiger partial charge in [-0.3, -0.25) is 9.59 Å². The molecule has 2 aliphatic rings. The summed E-state index contributed by atoms with van der Waals surface area (Å²) in [5, 5.41) is 0. The highest BCUT2D eigenvalue weighted by atomic mass is 16.5.